The molecule has 0 unspecified atom stereocenters. The van der Waals surface area contributed by atoms with Gasteiger partial charge in [0.15, 0.2) is 6.61 Å². The lowest BCUT2D eigenvalue weighted by Gasteiger charge is -2.09. The summed E-state index contributed by atoms with van der Waals surface area (Å²) in [4.78, 5) is 25.3. The first-order valence-corrected chi connectivity index (χ1v) is 10.3. The van der Waals surface area contributed by atoms with Crippen molar-refractivity contribution in [2.24, 2.45) is 5.73 Å². The summed E-state index contributed by atoms with van der Waals surface area (Å²) in [6.45, 7) is 1.55. The quantitative estimate of drug-likeness (QED) is 0.529. The molecule has 5 nitrogen and oxygen atoms in total. The Morgan fingerprint density at radius 3 is 2.52 bits per heavy atom. The van der Waals surface area contributed by atoms with Gasteiger partial charge in [-0.25, -0.2) is 0 Å². The molecule has 3 rings (SSSR count). The van der Waals surface area contributed by atoms with Gasteiger partial charge in [0.1, 0.15) is 10.8 Å². The van der Waals surface area contributed by atoms with E-state index in [9.17, 15) is 9.59 Å². The van der Waals surface area contributed by atoms with Crippen molar-refractivity contribution in [1.82, 2.24) is 0 Å². The number of hydrogen-bond acceptors (Lipinski definition) is 4. The number of hydrogen-bond donors (Lipinski definition) is 2. The number of primary amides is 1. The molecule has 1 heterocycles. The number of carbonyl (C=O) groups excluding carboxylic acids is 2. The minimum Gasteiger partial charge on any atom is -0.482 e. The second-order valence-corrected chi connectivity index (χ2v) is 8.24. The van der Waals surface area contributed by atoms with Crippen molar-refractivity contribution in [1.29, 1.82) is 0 Å². The van der Waals surface area contributed by atoms with Crippen LogP contribution in [0.2, 0.25) is 10.0 Å². The van der Waals surface area contributed by atoms with Crippen LogP contribution >= 0.6 is 34.5 Å². The Morgan fingerprint density at radius 1 is 1.14 bits per heavy atom. The molecule has 0 radical (unpaired) electrons. The fourth-order valence-electron chi connectivity index (χ4n) is 2.79. The largest absolute Gasteiger partial charge is 0.482 e. The lowest BCUT2D eigenvalue weighted by Crippen LogP contribution is -2.22. The van der Waals surface area contributed by atoms with Crippen molar-refractivity contribution >= 4 is 51.4 Å². The van der Waals surface area contributed by atoms with Crippen molar-refractivity contribution in [2.45, 2.75) is 13.3 Å². The molecule has 1 aromatic heterocycles. The maximum absolute atomic E-state index is 12.4. The third-order valence-electron chi connectivity index (χ3n) is 4.21. The minimum absolute atomic E-state index is 0.273. The van der Waals surface area contributed by atoms with E-state index in [4.69, 9.17) is 33.7 Å². The number of ether oxygens (including phenoxy) is 1. The maximum Gasteiger partial charge on any atom is 0.262 e. The standard InChI is InChI=1S/C21H18Cl2N2O3S/c1-12-17(9-13-5-3-2-4-6-13)29-21(19(12)20(24)27)25-18(26)11-28-16-8-7-14(22)10-15(16)23/h2-8,10H,9,11H2,1H3,(H2,24,27)(H,25,26). The molecular weight excluding hydrogens is 431 g/mol. The molecule has 0 saturated heterocycles. The second kappa shape index (κ2) is 9.31. The van der Waals surface area contributed by atoms with Crippen molar-refractivity contribution in [2.75, 3.05) is 11.9 Å². The molecule has 150 valence electrons. The SMILES string of the molecule is Cc1c(Cc2ccccc2)sc(NC(=O)COc2ccc(Cl)cc2Cl)c1C(N)=O. The Morgan fingerprint density at radius 2 is 1.86 bits per heavy atom. The van der Waals surface area contributed by atoms with Gasteiger partial charge < -0.3 is 15.8 Å². The molecule has 0 aliphatic rings. The average molecular weight is 449 g/mol. The Balaban J connectivity index is 1.74. The Hall–Kier alpha value is -2.54. The van der Waals surface area contributed by atoms with Crippen molar-refractivity contribution < 1.29 is 14.3 Å². The van der Waals surface area contributed by atoms with Crippen LogP contribution in [0.25, 0.3) is 0 Å². The topological polar surface area (TPSA) is 81.4 Å². The fourth-order valence-corrected chi connectivity index (χ4v) is 4.52. The molecule has 8 heteroatoms. The van der Waals surface area contributed by atoms with E-state index in [1.807, 2.05) is 37.3 Å². The van der Waals surface area contributed by atoms with Crippen LogP contribution in [0.1, 0.15) is 26.4 Å². The van der Waals surface area contributed by atoms with Crippen molar-refractivity contribution in [3.05, 3.63) is 80.1 Å². The summed E-state index contributed by atoms with van der Waals surface area (Å²) < 4.78 is 5.44. The summed E-state index contributed by atoms with van der Waals surface area (Å²) in [6, 6.07) is 14.6. The number of anilines is 1. The Bertz CT molecular complexity index is 1050. The van der Waals surface area contributed by atoms with Crippen molar-refractivity contribution in [3.8, 4) is 5.75 Å². The molecule has 0 atom stereocenters. The van der Waals surface area contributed by atoms with Crippen LogP contribution in [-0.2, 0) is 11.2 Å². The van der Waals surface area contributed by atoms with Gasteiger partial charge >= 0.3 is 0 Å². The highest BCUT2D eigenvalue weighted by molar-refractivity contribution is 7.17. The first-order valence-electron chi connectivity index (χ1n) is 8.69. The highest BCUT2D eigenvalue weighted by Crippen LogP contribution is 2.34. The minimum atomic E-state index is -0.588. The Labute approximate surface area is 182 Å². The van der Waals surface area contributed by atoms with E-state index in [1.54, 1.807) is 12.1 Å². The third-order valence-corrected chi connectivity index (χ3v) is 5.94. The first kappa shape index (κ1) is 21.2. The Kier molecular flexibility index (Phi) is 6.79. The van der Waals surface area contributed by atoms with Crippen LogP contribution in [0.4, 0.5) is 5.00 Å². The summed E-state index contributed by atoms with van der Waals surface area (Å²) in [7, 11) is 0. The fraction of sp³-hybridized carbons (Fsp3) is 0.143. The third kappa shape index (κ3) is 5.29. The van der Waals surface area contributed by atoms with Crippen LogP contribution in [0, 0.1) is 6.92 Å². The van der Waals surface area contributed by atoms with Crippen LogP contribution in [0.3, 0.4) is 0 Å². The zero-order chi connectivity index (χ0) is 21.0. The number of halogens is 2. The monoisotopic (exact) mass is 448 g/mol. The predicted octanol–water partition coefficient (Wildman–Crippen LogP) is 5.07. The van der Waals surface area contributed by atoms with Gasteiger partial charge in [0.2, 0.25) is 0 Å². The first-order chi connectivity index (χ1) is 13.8. The van der Waals surface area contributed by atoms with E-state index < -0.39 is 11.8 Å². The van der Waals surface area contributed by atoms with Gasteiger partial charge in [-0.05, 0) is 36.2 Å². The highest BCUT2D eigenvalue weighted by atomic mass is 35.5. The summed E-state index contributed by atoms with van der Waals surface area (Å²) >= 11 is 13.2. The van der Waals surface area contributed by atoms with Gasteiger partial charge in [0, 0.05) is 16.3 Å². The number of carbonyl (C=O) groups is 2. The molecule has 0 bridgehead atoms. The number of nitrogens with one attached hydrogen (secondary N) is 1. The molecule has 0 aliphatic heterocycles. The molecule has 0 aliphatic carbocycles. The summed E-state index contributed by atoms with van der Waals surface area (Å²) in [5.74, 6) is -0.672. The molecule has 2 aromatic carbocycles. The molecule has 3 N–H and O–H groups in total. The maximum atomic E-state index is 12.4. The van der Waals surface area contributed by atoms with Crippen LogP contribution in [0.15, 0.2) is 48.5 Å². The van der Waals surface area contributed by atoms with Crippen molar-refractivity contribution in [3.63, 3.8) is 0 Å². The number of benzene rings is 2. The lowest BCUT2D eigenvalue weighted by atomic mass is 10.1. The lowest BCUT2D eigenvalue weighted by molar-refractivity contribution is -0.118. The second-order valence-electron chi connectivity index (χ2n) is 6.29. The van der Waals surface area contributed by atoms with Gasteiger partial charge in [0.25, 0.3) is 11.8 Å². The molecule has 0 spiro atoms. The number of nitrogens with two attached hydrogens (primary N) is 1. The van der Waals surface area contributed by atoms with Gasteiger partial charge in [-0.2, -0.15) is 0 Å². The number of thiophene rings is 1. The van der Waals surface area contributed by atoms with Crippen LogP contribution < -0.4 is 15.8 Å². The average Bonchev–Trinajstić information content (AvgIpc) is 2.97. The zero-order valence-corrected chi connectivity index (χ0v) is 17.8. The molecule has 0 saturated carbocycles. The van der Waals surface area contributed by atoms with E-state index >= 15 is 0 Å². The number of rotatable bonds is 7. The van der Waals surface area contributed by atoms with Gasteiger partial charge in [-0.15, -0.1) is 11.3 Å². The molecule has 29 heavy (non-hydrogen) atoms. The van der Waals surface area contributed by atoms with E-state index in [0.717, 1.165) is 16.0 Å². The van der Waals surface area contributed by atoms with Crippen LogP contribution in [-0.4, -0.2) is 18.4 Å². The zero-order valence-electron chi connectivity index (χ0n) is 15.5. The summed E-state index contributed by atoms with van der Waals surface area (Å²) in [5, 5.41) is 3.91. The van der Waals surface area contributed by atoms with Gasteiger partial charge in [0.05, 0.1) is 10.6 Å². The predicted molar refractivity (Wildman–Crippen MR) is 117 cm³/mol. The van der Waals surface area contributed by atoms with Crippen LogP contribution in [0.5, 0.6) is 5.75 Å². The smallest absolute Gasteiger partial charge is 0.262 e. The number of amides is 2. The molecule has 0 fully saturated rings. The van der Waals surface area contributed by atoms with E-state index in [2.05, 4.69) is 5.32 Å². The summed E-state index contributed by atoms with van der Waals surface area (Å²) in [6.07, 6.45) is 0.643. The van der Waals surface area contributed by atoms with Gasteiger partial charge in [-0.3, -0.25) is 9.59 Å². The van der Waals surface area contributed by atoms with E-state index in [1.165, 1.54) is 17.4 Å². The normalized spacial score (nSPS) is 10.6. The van der Waals surface area contributed by atoms with E-state index in [-0.39, 0.29) is 6.61 Å². The van der Waals surface area contributed by atoms with E-state index in [0.29, 0.717) is 32.8 Å². The molecular formula is C21H18Cl2N2O3S. The van der Waals surface area contributed by atoms with Gasteiger partial charge in [-0.1, -0.05) is 53.5 Å². The summed E-state index contributed by atoms with van der Waals surface area (Å²) in [5.41, 5.74) is 7.74. The molecule has 2 amide bonds. The highest BCUT2D eigenvalue weighted by Gasteiger charge is 2.21. The molecule has 3 aromatic rings.